The van der Waals surface area contributed by atoms with Crippen molar-refractivity contribution in [2.24, 2.45) is 0 Å². The van der Waals surface area contributed by atoms with E-state index in [0.29, 0.717) is 6.42 Å². The molecule has 0 aliphatic carbocycles. The molecule has 0 saturated heterocycles. The zero-order chi connectivity index (χ0) is 12.3. The van der Waals surface area contributed by atoms with E-state index in [4.69, 9.17) is 9.84 Å². The first-order chi connectivity index (χ1) is 8.20. The Morgan fingerprint density at radius 1 is 1.47 bits per heavy atom. The van der Waals surface area contributed by atoms with Crippen LogP contribution in [-0.4, -0.2) is 29.3 Å². The van der Waals surface area contributed by atoms with E-state index >= 15 is 0 Å². The smallest absolute Gasteiger partial charge is 0.333 e. The second-order valence-corrected chi connectivity index (χ2v) is 3.80. The number of ether oxygens (including phenoxy) is 1. The molecular formula is C13H13NO3. The standard InChI is InChI=1S/C13H13NO3/c1-17-12(13(15)16)7-9-6-10-4-2-3-5-11(10)14-8-9/h2-6,8,12H,7H2,1H3,(H,15,16). The third-order valence-corrected chi connectivity index (χ3v) is 2.63. The lowest BCUT2D eigenvalue weighted by atomic mass is 10.1. The van der Waals surface area contributed by atoms with E-state index in [1.165, 1.54) is 7.11 Å². The van der Waals surface area contributed by atoms with Crippen LogP contribution in [0.5, 0.6) is 0 Å². The summed E-state index contributed by atoms with van der Waals surface area (Å²) in [4.78, 5) is 15.1. The van der Waals surface area contributed by atoms with Gasteiger partial charge < -0.3 is 9.84 Å². The number of para-hydroxylation sites is 1. The lowest BCUT2D eigenvalue weighted by Crippen LogP contribution is -2.24. The van der Waals surface area contributed by atoms with Gasteiger partial charge in [-0.15, -0.1) is 0 Å². The third kappa shape index (κ3) is 2.60. The van der Waals surface area contributed by atoms with Crippen LogP contribution in [0.15, 0.2) is 36.5 Å². The van der Waals surface area contributed by atoms with Crippen LogP contribution in [0, 0.1) is 0 Å². The second-order valence-electron chi connectivity index (χ2n) is 3.80. The zero-order valence-electron chi connectivity index (χ0n) is 9.46. The molecule has 1 N–H and O–H groups in total. The van der Waals surface area contributed by atoms with Gasteiger partial charge in [-0.3, -0.25) is 4.98 Å². The maximum atomic E-state index is 10.9. The van der Waals surface area contributed by atoms with Gasteiger partial charge in [0.1, 0.15) is 0 Å². The molecule has 1 atom stereocenters. The Morgan fingerprint density at radius 3 is 2.94 bits per heavy atom. The van der Waals surface area contributed by atoms with Crippen molar-refractivity contribution in [2.75, 3.05) is 7.11 Å². The van der Waals surface area contributed by atoms with E-state index in [1.54, 1.807) is 6.20 Å². The summed E-state index contributed by atoms with van der Waals surface area (Å²) in [6.07, 6.45) is 1.19. The van der Waals surface area contributed by atoms with Gasteiger partial charge in [-0.2, -0.15) is 0 Å². The van der Waals surface area contributed by atoms with Gasteiger partial charge in [0.15, 0.2) is 6.10 Å². The Hall–Kier alpha value is -1.94. The average Bonchev–Trinajstić information content (AvgIpc) is 2.35. The maximum Gasteiger partial charge on any atom is 0.333 e. The topological polar surface area (TPSA) is 59.4 Å². The van der Waals surface area contributed by atoms with Crippen molar-refractivity contribution in [1.29, 1.82) is 0 Å². The highest BCUT2D eigenvalue weighted by Crippen LogP contribution is 2.14. The molecule has 1 heterocycles. The Kier molecular flexibility index (Phi) is 3.35. The van der Waals surface area contributed by atoms with Crippen LogP contribution < -0.4 is 0 Å². The van der Waals surface area contributed by atoms with Crippen LogP contribution in [0.4, 0.5) is 0 Å². The van der Waals surface area contributed by atoms with Crippen molar-refractivity contribution < 1.29 is 14.6 Å². The van der Waals surface area contributed by atoms with Crippen LogP contribution in [0.25, 0.3) is 10.9 Å². The number of fused-ring (bicyclic) bond motifs is 1. The molecule has 88 valence electrons. The summed E-state index contributed by atoms with van der Waals surface area (Å²) in [5, 5.41) is 9.91. The molecule has 0 aliphatic rings. The van der Waals surface area contributed by atoms with Gasteiger partial charge in [-0.25, -0.2) is 4.79 Å². The fourth-order valence-electron chi connectivity index (χ4n) is 1.71. The number of hydrogen-bond donors (Lipinski definition) is 1. The highest BCUT2D eigenvalue weighted by Gasteiger charge is 2.16. The Balaban J connectivity index is 2.27. The summed E-state index contributed by atoms with van der Waals surface area (Å²) in [6, 6.07) is 9.67. The highest BCUT2D eigenvalue weighted by molar-refractivity contribution is 5.79. The molecule has 2 aromatic rings. The van der Waals surface area contributed by atoms with E-state index in [0.717, 1.165) is 16.5 Å². The second kappa shape index (κ2) is 4.93. The van der Waals surface area contributed by atoms with Crippen LogP contribution in [0.3, 0.4) is 0 Å². The first kappa shape index (κ1) is 11.5. The Morgan fingerprint density at radius 2 is 2.24 bits per heavy atom. The van der Waals surface area contributed by atoms with Crippen molar-refractivity contribution >= 4 is 16.9 Å². The van der Waals surface area contributed by atoms with Gasteiger partial charge in [-0.1, -0.05) is 18.2 Å². The van der Waals surface area contributed by atoms with E-state index in [-0.39, 0.29) is 0 Å². The molecule has 1 aromatic carbocycles. The number of carboxylic acid groups (broad SMARTS) is 1. The van der Waals surface area contributed by atoms with E-state index in [9.17, 15) is 4.79 Å². The Bertz CT molecular complexity index is 539. The number of aromatic nitrogens is 1. The number of hydrogen-bond acceptors (Lipinski definition) is 3. The van der Waals surface area contributed by atoms with Crippen LogP contribution in [0.2, 0.25) is 0 Å². The van der Waals surface area contributed by atoms with Crippen LogP contribution in [-0.2, 0) is 16.0 Å². The highest BCUT2D eigenvalue weighted by atomic mass is 16.5. The summed E-state index contributed by atoms with van der Waals surface area (Å²) in [6.45, 7) is 0. The van der Waals surface area contributed by atoms with Crippen molar-refractivity contribution in [3.05, 3.63) is 42.1 Å². The molecule has 0 aliphatic heterocycles. The molecule has 1 aromatic heterocycles. The van der Waals surface area contributed by atoms with Crippen molar-refractivity contribution in [1.82, 2.24) is 4.98 Å². The molecule has 1 unspecified atom stereocenters. The molecule has 0 saturated carbocycles. The van der Waals surface area contributed by atoms with Gasteiger partial charge in [0.05, 0.1) is 5.52 Å². The number of carboxylic acids is 1. The lowest BCUT2D eigenvalue weighted by molar-refractivity contribution is -0.148. The number of benzene rings is 1. The molecule has 0 amide bonds. The van der Waals surface area contributed by atoms with E-state index in [1.807, 2.05) is 30.3 Å². The van der Waals surface area contributed by atoms with Crippen molar-refractivity contribution in [3.63, 3.8) is 0 Å². The summed E-state index contributed by atoms with van der Waals surface area (Å²) < 4.78 is 4.90. The predicted molar refractivity (Wildman–Crippen MR) is 63.9 cm³/mol. The summed E-state index contributed by atoms with van der Waals surface area (Å²) in [5.41, 5.74) is 1.76. The molecule has 2 rings (SSSR count). The predicted octanol–water partition coefficient (Wildman–Crippen LogP) is 1.88. The van der Waals surface area contributed by atoms with Gasteiger partial charge in [0.2, 0.25) is 0 Å². The molecule has 4 nitrogen and oxygen atoms in total. The minimum absolute atomic E-state index is 0.323. The third-order valence-electron chi connectivity index (χ3n) is 2.63. The largest absolute Gasteiger partial charge is 0.479 e. The quantitative estimate of drug-likeness (QED) is 0.872. The molecule has 0 spiro atoms. The molecule has 17 heavy (non-hydrogen) atoms. The van der Waals surface area contributed by atoms with Gasteiger partial charge in [0, 0.05) is 25.1 Å². The summed E-state index contributed by atoms with van der Waals surface area (Å²) >= 11 is 0. The minimum Gasteiger partial charge on any atom is -0.479 e. The molecule has 0 fully saturated rings. The SMILES string of the molecule is COC(Cc1cnc2ccccc2c1)C(=O)O. The number of methoxy groups -OCH3 is 1. The van der Waals surface area contributed by atoms with E-state index in [2.05, 4.69) is 4.98 Å². The van der Waals surface area contributed by atoms with Gasteiger partial charge in [-0.05, 0) is 17.7 Å². The fraction of sp³-hybridized carbons (Fsp3) is 0.231. The fourth-order valence-corrected chi connectivity index (χ4v) is 1.71. The van der Waals surface area contributed by atoms with Crippen LogP contribution in [0.1, 0.15) is 5.56 Å². The number of nitrogens with zero attached hydrogens (tertiary/aromatic N) is 1. The average molecular weight is 231 g/mol. The van der Waals surface area contributed by atoms with E-state index < -0.39 is 12.1 Å². The Labute approximate surface area is 98.9 Å². The number of carbonyl (C=O) groups is 1. The van der Waals surface area contributed by atoms with Crippen molar-refractivity contribution in [2.45, 2.75) is 12.5 Å². The van der Waals surface area contributed by atoms with Gasteiger partial charge in [0.25, 0.3) is 0 Å². The molecule has 0 radical (unpaired) electrons. The molecule has 4 heteroatoms. The monoisotopic (exact) mass is 231 g/mol. The number of aliphatic carboxylic acids is 1. The molecule has 0 bridgehead atoms. The maximum absolute atomic E-state index is 10.9. The number of pyridine rings is 1. The zero-order valence-corrected chi connectivity index (χ0v) is 9.46. The number of rotatable bonds is 4. The summed E-state index contributed by atoms with van der Waals surface area (Å²) in [7, 11) is 1.40. The van der Waals surface area contributed by atoms with Crippen LogP contribution >= 0.6 is 0 Å². The summed E-state index contributed by atoms with van der Waals surface area (Å²) in [5.74, 6) is -0.958. The van der Waals surface area contributed by atoms with Gasteiger partial charge >= 0.3 is 5.97 Å². The normalized spacial score (nSPS) is 12.5. The first-order valence-electron chi connectivity index (χ1n) is 5.30. The molecular weight excluding hydrogens is 218 g/mol. The minimum atomic E-state index is -0.958. The van der Waals surface area contributed by atoms with Crippen molar-refractivity contribution in [3.8, 4) is 0 Å². The lowest BCUT2D eigenvalue weighted by Gasteiger charge is -2.10. The first-order valence-corrected chi connectivity index (χ1v) is 5.30.